The normalized spacial score (nSPS) is 19.9. The summed E-state index contributed by atoms with van der Waals surface area (Å²) in [6.45, 7) is 3.46. The lowest BCUT2D eigenvalue weighted by Gasteiger charge is -2.22. The summed E-state index contributed by atoms with van der Waals surface area (Å²) in [7, 11) is -3.25. The molecule has 1 fully saturated rings. The van der Waals surface area contributed by atoms with Crippen LogP contribution >= 0.6 is 0 Å². The van der Waals surface area contributed by atoms with Gasteiger partial charge in [0.15, 0.2) is 0 Å². The van der Waals surface area contributed by atoms with Crippen molar-refractivity contribution in [2.24, 2.45) is 0 Å². The first-order valence-electron chi connectivity index (χ1n) is 7.23. The molecule has 0 aliphatic carbocycles. The first-order chi connectivity index (χ1) is 9.59. The van der Waals surface area contributed by atoms with E-state index in [0.717, 1.165) is 25.9 Å². The topological polar surface area (TPSA) is 73.2 Å². The third-order valence-corrected chi connectivity index (χ3v) is 4.71. The van der Waals surface area contributed by atoms with Gasteiger partial charge in [-0.3, -0.25) is 9.40 Å². The molecule has 6 nitrogen and oxygen atoms in total. The van der Waals surface area contributed by atoms with Crippen molar-refractivity contribution in [1.82, 2.24) is 9.78 Å². The van der Waals surface area contributed by atoms with Crippen molar-refractivity contribution >= 4 is 15.7 Å². The molecule has 1 atom stereocenters. The molecular weight excluding hydrogens is 278 g/mol. The number of nitrogens with zero attached hydrogens (tertiary/aromatic N) is 2. The van der Waals surface area contributed by atoms with Crippen LogP contribution in [0.5, 0.6) is 0 Å². The molecule has 1 aliphatic rings. The second-order valence-electron chi connectivity index (χ2n) is 5.21. The van der Waals surface area contributed by atoms with Crippen LogP contribution in [-0.2, 0) is 21.3 Å². The van der Waals surface area contributed by atoms with Crippen LogP contribution in [0.3, 0.4) is 0 Å². The maximum absolute atomic E-state index is 11.8. The Morgan fingerprint density at radius 2 is 2.35 bits per heavy atom. The van der Waals surface area contributed by atoms with Gasteiger partial charge in [-0.15, -0.1) is 0 Å². The van der Waals surface area contributed by atoms with E-state index in [-0.39, 0.29) is 11.9 Å². The Labute approximate surface area is 120 Å². The van der Waals surface area contributed by atoms with E-state index in [4.69, 9.17) is 4.74 Å². The molecule has 0 aromatic carbocycles. The van der Waals surface area contributed by atoms with E-state index in [1.165, 1.54) is 6.42 Å². The lowest BCUT2D eigenvalue weighted by molar-refractivity contribution is 0.00401. The van der Waals surface area contributed by atoms with Crippen molar-refractivity contribution in [1.29, 1.82) is 0 Å². The van der Waals surface area contributed by atoms with Crippen LogP contribution < -0.4 is 4.72 Å². The van der Waals surface area contributed by atoms with Gasteiger partial charge in [0.2, 0.25) is 10.0 Å². The maximum atomic E-state index is 11.8. The Kier molecular flexibility index (Phi) is 5.42. The molecule has 1 aliphatic heterocycles. The summed E-state index contributed by atoms with van der Waals surface area (Å²) in [5, 5.41) is 4.18. The number of hydrogen-bond donors (Lipinski definition) is 1. The maximum Gasteiger partial charge on any atom is 0.232 e. The number of hydrogen-bond acceptors (Lipinski definition) is 4. The zero-order valence-electron chi connectivity index (χ0n) is 11.9. The zero-order valence-corrected chi connectivity index (χ0v) is 12.7. The van der Waals surface area contributed by atoms with E-state index in [9.17, 15) is 8.42 Å². The monoisotopic (exact) mass is 301 g/mol. The molecule has 2 heterocycles. The van der Waals surface area contributed by atoms with Gasteiger partial charge < -0.3 is 4.74 Å². The highest BCUT2D eigenvalue weighted by Crippen LogP contribution is 2.15. The SMILES string of the molecule is CCCCS(=O)(=O)Nc1cnn(CC2CCCCO2)c1. The molecule has 2 rings (SSSR count). The molecule has 1 unspecified atom stereocenters. The van der Waals surface area contributed by atoms with Gasteiger partial charge in [-0.1, -0.05) is 13.3 Å². The third kappa shape index (κ3) is 4.79. The van der Waals surface area contributed by atoms with Gasteiger partial charge in [0, 0.05) is 12.8 Å². The predicted molar refractivity (Wildman–Crippen MR) is 78.1 cm³/mol. The van der Waals surface area contributed by atoms with Crippen LogP contribution in [0, 0.1) is 0 Å². The van der Waals surface area contributed by atoms with Crippen molar-refractivity contribution in [2.45, 2.75) is 51.7 Å². The Morgan fingerprint density at radius 1 is 1.50 bits per heavy atom. The minimum absolute atomic E-state index is 0.153. The quantitative estimate of drug-likeness (QED) is 0.836. The molecule has 1 saturated heterocycles. The molecular formula is C13H23N3O3S. The largest absolute Gasteiger partial charge is 0.376 e. The number of anilines is 1. The number of aromatic nitrogens is 2. The lowest BCUT2D eigenvalue weighted by atomic mass is 10.1. The second-order valence-corrected chi connectivity index (χ2v) is 7.06. The van der Waals surface area contributed by atoms with Crippen molar-refractivity contribution < 1.29 is 13.2 Å². The van der Waals surface area contributed by atoms with Crippen molar-refractivity contribution in [3.8, 4) is 0 Å². The van der Waals surface area contributed by atoms with Crippen LogP contribution in [0.1, 0.15) is 39.0 Å². The minimum Gasteiger partial charge on any atom is -0.376 e. The highest BCUT2D eigenvalue weighted by Gasteiger charge is 2.16. The first-order valence-corrected chi connectivity index (χ1v) is 8.89. The average Bonchev–Trinajstić information content (AvgIpc) is 2.84. The first kappa shape index (κ1) is 15.3. The molecule has 0 radical (unpaired) electrons. The van der Waals surface area contributed by atoms with E-state index >= 15 is 0 Å². The molecule has 0 saturated carbocycles. The summed E-state index contributed by atoms with van der Waals surface area (Å²) in [5.74, 6) is 0.153. The Balaban J connectivity index is 1.88. The molecule has 7 heteroatoms. The highest BCUT2D eigenvalue weighted by molar-refractivity contribution is 7.92. The fourth-order valence-electron chi connectivity index (χ4n) is 2.24. The fourth-order valence-corrected chi connectivity index (χ4v) is 3.48. The fraction of sp³-hybridized carbons (Fsp3) is 0.769. The van der Waals surface area contributed by atoms with Gasteiger partial charge in [-0.25, -0.2) is 8.42 Å². The average molecular weight is 301 g/mol. The summed E-state index contributed by atoms with van der Waals surface area (Å²) in [6.07, 6.45) is 8.33. The number of unbranched alkanes of at least 4 members (excludes halogenated alkanes) is 1. The Hall–Kier alpha value is -1.08. The molecule has 0 amide bonds. The van der Waals surface area contributed by atoms with Crippen LogP contribution in [0.15, 0.2) is 12.4 Å². The van der Waals surface area contributed by atoms with Gasteiger partial charge in [0.25, 0.3) is 0 Å². The summed E-state index contributed by atoms with van der Waals surface area (Å²) in [4.78, 5) is 0. The van der Waals surface area contributed by atoms with Gasteiger partial charge in [0.1, 0.15) is 0 Å². The molecule has 0 spiro atoms. The number of nitrogens with one attached hydrogen (secondary N) is 1. The van der Waals surface area contributed by atoms with Crippen LogP contribution in [-0.4, -0.2) is 36.7 Å². The Bertz CT molecular complexity index is 507. The third-order valence-electron chi connectivity index (χ3n) is 3.34. The van der Waals surface area contributed by atoms with E-state index in [1.54, 1.807) is 17.1 Å². The molecule has 1 aromatic rings. The molecule has 114 valence electrons. The summed E-state index contributed by atoms with van der Waals surface area (Å²) in [5.41, 5.74) is 0.525. The summed E-state index contributed by atoms with van der Waals surface area (Å²) >= 11 is 0. The zero-order chi connectivity index (χ0) is 14.4. The van der Waals surface area contributed by atoms with Crippen LogP contribution in [0.25, 0.3) is 0 Å². The highest BCUT2D eigenvalue weighted by atomic mass is 32.2. The Morgan fingerprint density at radius 3 is 3.05 bits per heavy atom. The summed E-state index contributed by atoms with van der Waals surface area (Å²) < 4.78 is 33.5. The van der Waals surface area contributed by atoms with Crippen molar-refractivity contribution in [3.63, 3.8) is 0 Å². The van der Waals surface area contributed by atoms with Crippen molar-refractivity contribution in [3.05, 3.63) is 12.4 Å². The van der Waals surface area contributed by atoms with E-state index in [1.807, 2.05) is 6.92 Å². The predicted octanol–water partition coefficient (Wildman–Crippen LogP) is 1.99. The molecule has 0 bridgehead atoms. The smallest absolute Gasteiger partial charge is 0.232 e. The summed E-state index contributed by atoms with van der Waals surface area (Å²) in [6, 6.07) is 0. The number of sulfonamides is 1. The van der Waals surface area contributed by atoms with E-state index in [0.29, 0.717) is 18.7 Å². The van der Waals surface area contributed by atoms with Crippen LogP contribution in [0.4, 0.5) is 5.69 Å². The van der Waals surface area contributed by atoms with Crippen LogP contribution in [0.2, 0.25) is 0 Å². The molecule has 20 heavy (non-hydrogen) atoms. The van der Waals surface area contributed by atoms with Gasteiger partial charge >= 0.3 is 0 Å². The minimum atomic E-state index is -3.25. The molecule has 1 aromatic heterocycles. The molecule has 1 N–H and O–H groups in total. The standard InChI is InChI=1S/C13H23N3O3S/c1-2-3-8-20(17,18)15-12-9-14-16(10-12)11-13-6-4-5-7-19-13/h9-10,13,15H,2-8,11H2,1H3. The van der Waals surface area contributed by atoms with Gasteiger partial charge in [-0.2, -0.15) is 5.10 Å². The van der Waals surface area contributed by atoms with Crippen molar-refractivity contribution in [2.75, 3.05) is 17.1 Å². The number of rotatable bonds is 7. The van der Waals surface area contributed by atoms with Gasteiger partial charge in [0.05, 0.1) is 30.3 Å². The lowest BCUT2D eigenvalue weighted by Crippen LogP contribution is -2.24. The van der Waals surface area contributed by atoms with E-state index < -0.39 is 10.0 Å². The second kappa shape index (κ2) is 7.08. The van der Waals surface area contributed by atoms with E-state index in [2.05, 4.69) is 9.82 Å². The van der Waals surface area contributed by atoms with Gasteiger partial charge in [-0.05, 0) is 25.7 Å². The number of ether oxygens (including phenoxy) is 1.